The lowest BCUT2D eigenvalue weighted by molar-refractivity contribution is -0.137. The van der Waals surface area contributed by atoms with Crippen molar-refractivity contribution in [2.45, 2.75) is 11.1 Å². The zero-order valence-corrected chi connectivity index (χ0v) is 18.3. The number of rotatable bonds is 4. The second-order valence-electron chi connectivity index (χ2n) is 7.39. The van der Waals surface area contributed by atoms with Gasteiger partial charge in [-0.3, -0.25) is 4.98 Å². The van der Waals surface area contributed by atoms with E-state index in [9.17, 15) is 21.6 Å². The Hall–Kier alpha value is -3.57. The van der Waals surface area contributed by atoms with Gasteiger partial charge in [-0.2, -0.15) is 13.2 Å². The van der Waals surface area contributed by atoms with Crippen LogP contribution in [0, 0.1) is 0 Å². The van der Waals surface area contributed by atoms with Gasteiger partial charge in [-0.05, 0) is 42.0 Å². The van der Waals surface area contributed by atoms with E-state index in [0.717, 1.165) is 16.4 Å². The molecule has 0 radical (unpaired) electrons. The number of hydrogen-bond donors (Lipinski definition) is 1. The molecule has 7 nitrogen and oxygen atoms in total. The van der Waals surface area contributed by atoms with Gasteiger partial charge >= 0.3 is 6.18 Å². The molecule has 4 aromatic rings. The molecule has 0 fully saturated rings. The van der Waals surface area contributed by atoms with Crippen LogP contribution in [0.5, 0.6) is 0 Å². The van der Waals surface area contributed by atoms with Crippen molar-refractivity contribution in [3.63, 3.8) is 0 Å². The van der Waals surface area contributed by atoms with Crippen LogP contribution in [0.1, 0.15) is 5.56 Å². The smallest absolute Gasteiger partial charge is 0.383 e. The largest absolute Gasteiger partial charge is 0.416 e. The van der Waals surface area contributed by atoms with Gasteiger partial charge in [0.15, 0.2) is 0 Å². The summed E-state index contributed by atoms with van der Waals surface area (Å²) in [7, 11) is -1.06. The highest BCUT2D eigenvalue weighted by atomic mass is 32.2. The number of alkyl halides is 3. The molecule has 0 spiro atoms. The minimum Gasteiger partial charge on any atom is -0.383 e. The van der Waals surface area contributed by atoms with Crippen LogP contribution in [0.3, 0.4) is 0 Å². The van der Waals surface area contributed by atoms with Gasteiger partial charge in [0.2, 0.25) is 10.0 Å². The SMILES string of the molecule is CN(C)S(=O)(=O)c1cc(-c2ccc3nccc(-c4ccc(C(F)(F)F)cc4)c3n2)cnc1N. The number of benzene rings is 1. The number of halogens is 3. The lowest BCUT2D eigenvalue weighted by Gasteiger charge is -2.14. The average molecular weight is 473 g/mol. The Labute approximate surface area is 187 Å². The van der Waals surface area contributed by atoms with Crippen molar-refractivity contribution < 1.29 is 21.6 Å². The van der Waals surface area contributed by atoms with Crippen molar-refractivity contribution in [1.29, 1.82) is 0 Å². The molecule has 11 heteroatoms. The number of sulfonamides is 1. The molecule has 0 unspecified atom stereocenters. The first-order valence-corrected chi connectivity index (χ1v) is 11.0. The number of nitrogens with two attached hydrogens (primary N) is 1. The molecule has 0 saturated heterocycles. The van der Waals surface area contributed by atoms with Crippen molar-refractivity contribution in [1.82, 2.24) is 19.3 Å². The lowest BCUT2D eigenvalue weighted by atomic mass is 10.0. The van der Waals surface area contributed by atoms with Gasteiger partial charge < -0.3 is 5.73 Å². The van der Waals surface area contributed by atoms with Gasteiger partial charge in [-0.15, -0.1) is 0 Å². The molecule has 0 atom stereocenters. The molecule has 1 aromatic carbocycles. The van der Waals surface area contributed by atoms with E-state index in [1.807, 2.05) is 0 Å². The van der Waals surface area contributed by atoms with Gasteiger partial charge in [0, 0.05) is 37.6 Å². The molecule has 3 aromatic heterocycles. The van der Waals surface area contributed by atoms with Gasteiger partial charge in [-0.1, -0.05) is 12.1 Å². The number of aromatic nitrogens is 3. The molecule has 170 valence electrons. The molecule has 0 bridgehead atoms. The Kier molecular flexibility index (Phi) is 5.54. The highest BCUT2D eigenvalue weighted by molar-refractivity contribution is 7.89. The topological polar surface area (TPSA) is 102 Å². The fourth-order valence-electron chi connectivity index (χ4n) is 3.26. The molecule has 2 N–H and O–H groups in total. The van der Waals surface area contributed by atoms with Crippen LogP contribution in [0.2, 0.25) is 0 Å². The third kappa shape index (κ3) is 4.24. The summed E-state index contributed by atoms with van der Waals surface area (Å²) in [6.45, 7) is 0. The van der Waals surface area contributed by atoms with Gasteiger partial charge in [0.1, 0.15) is 10.7 Å². The van der Waals surface area contributed by atoms with Crippen molar-refractivity contribution in [2.24, 2.45) is 0 Å². The van der Waals surface area contributed by atoms with E-state index < -0.39 is 21.8 Å². The Morgan fingerprint density at radius 3 is 2.27 bits per heavy atom. The summed E-state index contributed by atoms with van der Waals surface area (Å²) >= 11 is 0. The Bertz CT molecular complexity index is 1450. The zero-order valence-electron chi connectivity index (χ0n) is 17.5. The van der Waals surface area contributed by atoms with Gasteiger partial charge in [0.05, 0.1) is 22.3 Å². The first-order chi connectivity index (χ1) is 15.5. The van der Waals surface area contributed by atoms with Crippen molar-refractivity contribution in [2.75, 3.05) is 19.8 Å². The fourth-order valence-corrected chi connectivity index (χ4v) is 4.24. The molecule has 0 aliphatic rings. The monoisotopic (exact) mass is 473 g/mol. The summed E-state index contributed by atoms with van der Waals surface area (Å²) in [6, 6.07) is 11.2. The molecule has 0 aliphatic heterocycles. The Morgan fingerprint density at radius 2 is 1.64 bits per heavy atom. The van der Waals surface area contributed by atoms with Crippen molar-refractivity contribution in [3.8, 4) is 22.4 Å². The van der Waals surface area contributed by atoms with Crippen LogP contribution in [0.25, 0.3) is 33.4 Å². The number of nitrogens with zero attached hydrogens (tertiary/aromatic N) is 4. The van der Waals surface area contributed by atoms with Crippen LogP contribution in [0.15, 0.2) is 65.8 Å². The standard InChI is InChI=1S/C22H18F3N5O2S/c1-30(2)33(31,32)19-11-14(12-28-21(19)26)17-7-8-18-20(29-17)16(9-10-27-18)13-3-5-15(6-4-13)22(23,24)25/h3-12H,1-2H3,(H2,26,28). The van der Waals surface area contributed by atoms with Crippen molar-refractivity contribution in [3.05, 3.63) is 66.5 Å². The molecular weight excluding hydrogens is 455 g/mol. The van der Waals surface area contributed by atoms with Crippen LogP contribution in [0.4, 0.5) is 19.0 Å². The van der Waals surface area contributed by atoms with E-state index in [-0.39, 0.29) is 10.7 Å². The first kappa shape index (κ1) is 22.6. The van der Waals surface area contributed by atoms with Crippen LogP contribution in [-0.4, -0.2) is 41.8 Å². The first-order valence-electron chi connectivity index (χ1n) is 9.60. The quantitative estimate of drug-likeness (QED) is 0.476. The highest BCUT2D eigenvalue weighted by Crippen LogP contribution is 2.33. The normalized spacial score (nSPS) is 12.4. The summed E-state index contributed by atoms with van der Waals surface area (Å²) in [5.41, 5.74) is 7.96. The number of nitrogen functional groups attached to an aromatic ring is 1. The Balaban J connectivity index is 1.85. The number of anilines is 1. The van der Waals surface area contributed by atoms with E-state index in [0.29, 0.717) is 33.4 Å². The molecule has 0 saturated carbocycles. The molecule has 0 amide bonds. The maximum Gasteiger partial charge on any atom is 0.416 e. The second-order valence-corrected chi connectivity index (χ2v) is 9.51. The summed E-state index contributed by atoms with van der Waals surface area (Å²) in [5, 5.41) is 0. The average Bonchev–Trinajstić information content (AvgIpc) is 2.78. The Morgan fingerprint density at radius 1 is 0.939 bits per heavy atom. The number of hydrogen-bond acceptors (Lipinski definition) is 6. The van der Waals surface area contributed by atoms with Gasteiger partial charge in [0.25, 0.3) is 0 Å². The van der Waals surface area contributed by atoms with E-state index in [1.165, 1.54) is 38.5 Å². The molecule has 4 rings (SSSR count). The van der Waals surface area contributed by atoms with Crippen LogP contribution < -0.4 is 5.73 Å². The fraction of sp³-hybridized carbons (Fsp3) is 0.136. The second kappa shape index (κ2) is 8.09. The van der Waals surface area contributed by atoms with E-state index in [1.54, 1.807) is 24.4 Å². The molecule has 33 heavy (non-hydrogen) atoms. The minimum absolute atomic E-state index is 0.139. The third-order valence-corrected chi connectivity index (χ3v) is 6.89. The molecule has 0 aliphatic carbocycles. The van der Waals surface area contributed by atoms with Crippen LogP contribution >= 0.6 is 0 Å². The predicted octanol–water partition coefficient (Wildman–Crippen LogP) is 4.21. The predicted molar refractivity (Wildman–Crippen MR) is 118 cm³/mol. The maximum absolute atomic E-state index is 12.9. The minimum atomic E-state index is -4.43. The van der Waals surface area contributed by atoms with Crippen molar-refractivity contribution >= 4 is 26.9 Å². The molecule has 3 heterocycles. The highest BCUT2D eigenvalue weighted by Gasteiger charge is 2.30. The van der Waals surface area contributed by atoms with E-state index >= 15 is 0 Å². The summed E-state index contributed by atoms with van der Waals surface area (Å²) < 4.78 is 65.0. The maximum atomic E-state index is 12.9. The summed E-state index contributed by atoms with van der Waals surface area (Å²) in [4.78, 5) is 12.7. The summed E-state index contributed by atoms with van der Waals surface area (Å²) in [6.07, 6.45) is -1.48. The zero-order chi connectivity index (χ0) is 24.0. The van der Waals surface area contributed by atoms with E-state index in [4.69, 9.17) is 5.73 Å². The molecular formula is C22H18F3N5O2S. The number of pyridine rings is 3. The van der Waals surface area contributed by atoms with Crippen LogP contribution in [-0.2, 0) is 16.2 Å². The number of fused-ring (bicyclic) bond motifs is 1. The summed E-state index contributed by atoms with van der Waals surface area (Å²) in [5.74, 6) is -0.139. The third-order valence-electron chi connectivity index (χ3n) is 5.04. The van der Waals surface area contributed by atoms with Gasteiger partial charge in [-0.25, -0.2) is 22.7 Å². The lowest BCUT2D eigenvalue weighted by Crippen LogP contribution is -2.23. The van der Waals surface area contributed by atoms with E-state index in [2.05, 4.69) is 15.0 Å².